The van der Waals surface area contributed by atoms with E-state index in [0.717, 1.165) is 6.33 Å². The van der Waals surface area contributed by atoms with Gasteiger partial charge in [0, 0.05) is 30.7 Å². The van der Waals surface area contributed by atoms with Crippen LogP contribution in [-0.4, -0.2) is 58.5 Å². The van der Waals surface area contributed by atoms with Crippen LogP contribution in [-0.2, 0) is 11.3 Å². The summed E-state index contributed by atoms with van der Waals surface area (Å²) in [4.78, 5) is 38.1. The van der Waals surface area contributed by atoms with Gasteiger partial charge in [0.05, 0.1) is 23.4 Å². The lowest BCUT2D eigenvalue weighted by Crippen LogP contribution is -2.40. The number of rotatable bonds is 4. The number of nitrogens with zero attached hydrogens (tertiary/aromatic N) is 6. The Morgan fingerprint density at radius 1 is 1.18 bits per heavy atom. The number of amides is 2. The Morgan fingerprint density at radius 3 is 2.61 bits per heavy atom. The maximum absolute atomic E-state index is 12.8. The molecule has 33 heavy (non-hydrogen) atoms. The fourth-order valence-corrected chi connectivity index (χ4v) is 3.57. The molecule has 0 spiro atoms. The van der Waals surface area contributed by atoms with Gasteiger partial charge < -0.3 is 25.3 Å². The van der Waals surface area contributed by atoms with Gasteiger partial charge in [-0.3, -0.25) is 4.40 Å². The molecule has 0 unspecified atom stereocenters. The van der Waals surface area contributed by atoms with Crippen molar-refractivity contribution >= 4 is 40.4 Å². The second-order valence-electron chi connectivity index (χ2n) is 8.25. The predicted octanol–water partition coefficient (Wildman–Crippen LogP) is 2.74. The zero-order valence-corrected chi connectivity index (χ0v) is 18.3. The van der Waals surface area contributed by atoms with Gasteiger partial charge in [-0.15, -0.1) is 0 Å². The molecule has 0 aliphatic heterocycles. The highest BCUT2D eigenvalue weighted by Gasteiger charge is 2.33. The van der Waals surface area contributed by atoms with Crippen LogP contribution in [0.3, 0.4) is 0 Å². The second-order valence-corrected chi connectivity index (χ2v) is 8.25. The summed E-state index contributed by atoms with van der Waals surface area (Å²) in [5, 5.41) is 19.7. The highest BCUT2D eigenvalue weighted by Crippen LogP contribution is 2.36. The van der Waals surface area contributed by atoms with E-state index in [4.69, 9.17) is 10.5 Å². The quantitative estimate of drug-likeness (QED) is 0.422. The van der Waals surface area contributed by atoms with E-state index in [9.17, 15) is 19.8 Å². The lowest BCUT2D eigenvalue weighted by molar-refractivity contribution is 0.0581. The zero-order valence-electron chi connectivity index (χ0n) is 18.3. The Hall–Kier alpha value is -4.19. The summed E-state index contributed by atoms with van der Waals surface area (Å²) in [5.41, 5.74) is 7.55. The van der Waals surface area contributed by atoms with E-state index < -0.39 is 17.8 Å². The monoisotopic (exact) mass is 453 g/mol. The van der Waals surface area contributed by atoms with Crippen molar-refractivity contribution in [3.05, 3.63) is 37.1 Å². The van der Waals surface area contributed by atoms with Crippen LogP contribution in [0.2, 0.25) is 0 Å². The van der Waals surface area contributed by atoms with Crippen molar-refractivity contribution in [3.63, 3.8) is 0 Å². The van der Waals surface area contributed by atoms with E-state index in [1.807, 2.05) is 0 Å². The smallest absolute Gasteiger partial charge is 0.425 e. The van der Waals surface area contributed by atoms with Crippen LogP contribution in [0.5, 0.6) is 0 Å². The fraction of sp³-hybridized carbons (Fsp3) is 0.286. The average molecular weight is 453 g/mol. The molecule has 0 aromatic carbocycles. The van der Waals surface area contributed by atoms with Crippen LogP contribution in [0.25, 0.3) is 27.9 Å². The van der Waals surface area contributed by atoms with Gasteiger partial charge in [-0.2, -0.15) is 4.90 Å². The molecular formula is C21H23N7O5. The van der Waals surface area contributed by atoms with Crippen molar-refractivity contribution in [1.82, 2.24) is 23.9 Å². The van der Waals surface area contributed by atoms with E-state index in [1.54, 1.807) is 60.5 Å². The van der Waals surface area contributed by atoms with Gasteiger partial charge in [-0.05, 0) is 32.9 Å². The molecule has 4 aromatic heterocycles. The number of ether oxygens (including phenoxy) is 1. The van der Waals surface area contributed by atoms with Gasteiger partial charge in [0.2, 0.25) is 0 Å². The third-order valence-electron chi connectivity index (χ3n) is 4.81. The Labute approximate surface area is 187 Å². The number of nitrogens with two attached hydrogens (primary N) is 1. The number of carbonyl (C=O) groups is 2. The zero-order chi connectivity index (χ0) is 23.9. The molecule has 0 atom stereocenters. The first-order valence-corrected chi connectivity index (χ1v) is 10.0. The number of imidazole rings is 1. The minimum Gasteiger partial charge on any atom is -0.464 e. The number of aliphatic hydroxyl groups excluding tert-OH is 1. The van der Waals surface area contributed by atoms with E-state index >= 15 is 0 Å². The molecular weight excluding hydrogens is 430 g/mol. The maximum atomic E-state index is 12.8. The number of nitrogen functional groups attached to an aromatic ring is 1. The molecule has 4 aromatic rings. The molecule has 2 amide bonds. The third-order valence-corrected chi connectivity index (χ3v) is 4.81. The molecule has 0 aliphatic rings. The van der Waals surface area contributed by atoms with Gasteiger partial charge in [-0.25, -0.2) is 24.5 Å². The minimum absolute atomic E-state index is 0.168. The van der Waals surface area contributed by atoms with Crippen molar-refractivity contribution in [1.29, 1.82) is 0 Å². The fourth-order valence-electron chi connectivity index (χ4n) is 3.57. The molecule has 4 heterocycles. The molecule has 172 valence electrons. The van der Waals surface area contributed by atoms with Crippen LogP contribution < -0.4 is 10.6 Å². The topological polar surface area (TPSA) is 161 Å². The van der Waals surface area contributed by atoms with E-state index in [1.165, 1.54) is 0 Å². The number of pyridine rings is 1. The average Bonchev–Trinajstić information content (AvgIpc) is 3.34. The molecule has 0 radical (unpaired) electrons. The first-order chi connectivity index (χ1) is 15.6. The molecule has 0 fully saturated rings. The maximum Gasteiger partial charge on any atom is 0.425 e. The van der Waals surface area contributed by atoms with Crippen molar-refractivity contribution in [2.45, 2.75) is 32.9 Å². The van der Waals surface area contributed by atoms with Gasteiger partial charge in [-0.1, -0.05) is 0 Å². The Kier molecular flexibility index (Phi) is 5.38. The standard InChI is InChI=1S/C21H23N7O5/c1-21(2,3)33-20(32)28(19(30)31)18-15-12(10-26(8-9-29)17(15)24-11-25-18)14-5-4-13(22)16-23-6-7-27(14)16/h4-7,10-11,29H,8-9,22H2,1-3H3,(H,30,31). The first-order valence-electron chi connectivity index (χ1n) is 10.0. The molecule has 4 N–H and O–H groups in total. The van der Waals surface area contributed by atoms with Crippen molar-refractivity contribution < 1.29 is 24.5 Å². The Morgan fingerprint density at radius 2 is 1.94 bits per heavy atom. The Bertz CT molecular complexity index is 1370. The van der Waals surface area contributed by atoms with Gasteiger partial charge in [0.15, 0.2) is 11.5 Å². The molecule has 12 heteroatoms. The van der Waals surface area contributed by atoms with Gasteiger partial charge >= 0.3 is 12.2 Å². The molecule has 0 bridgehead atoms. The minimum atomic E-state index is -1.56. The molecule has 0 saturated carbocycles. The van der Waals surface area contributed by atoms with Crippen LogP contribution in [0, 0.1) is 0 Å². The van der Waals surface area contributed by atoms with Gasteiger partial charge in [0.25, 0.3) is 0 Å². The summed E-state index contributed by atoms with van der Waals surface area (Å²) in [6, 6.07) is 3.43. The summed E-state index contributed by atoms with van der Waals surface area (Å²) in [5.74, 6) is -0.168. The largest absolute Gasteiger partial charge is 0.464 e. The number of hydrogen-bond acceptors (Lipinski definition) is 8. The van der Waals surface area contributed by atoms with Crippen LogP contribution in [0.4, 0.5) is 21.1 Å². The number of imide groups is 1. The van der Waals surface area contributed by atoms with Crippen LogP contribution in [0.15, 0.2) is 37.1 Å². The summed E-state index contributed by atoms with van der Waals surface area (Å²) in [6.07, 6.45) is 3.51. The van der Waals surface area contributed by atoms with E-state index in [0.29, 0.717) is 38.5 Å². The summed E-state index contributed by atoms with van der Waals surface area (Å²) >= 11 is 0. The van der Waals surface area contributed by atoms with Crippen molar-refractivity contribution in [2.75, 3.05) is 17.2 Å². The second kappa shape index (κ2) is 8.06. The highest BCUT2D eigenvalue weighted by molar-refractivity contribution is 6.15. The molecule has 0 saturated heterocycles. The molecule has 12 nitrogen and oxygen atoms in total. The number of hydrogen-bond donors (Lipinski definition) is 3. The van der Waals surface area contributed by atoms with Crippen molar-refractivity contribution in [3.8, 4) is 11.3 Å². The van der Waals surface area contributed by atoms with Crippen LogP contribution >= 0.6 is 0 Å². The van der Waals surface area contributed by atoms with E-state index in [-0.39, 0.29) is 19.0 Å². The number of aromatic nitrogens is 5. The number of fused-ring (bicyclic) bond motifs is 2. The summed E-state index contributed by atoms with van der Waals surface area (Å²) < 4.78 is 8.70. The van der Waals surface area contributed by atoms with Crippen LogP contribution in [0.1, 0.15) is 20.8 Å². The number of anilines is 2. The molecule has 4 rings (SSSR count). The SMILES string of the molecule is CC(C)(C)OC(=O)N(C(=O)O)c1ncnc2c1c(-c1ccc(N)c3nccn13)cn2CCO. The number of carbonyl (C=O) groups excluding carboxylic acids is 1. The number of aliphatic hydroxyl groups is 1. The summed E-state index contributed by atoms with van der Waals surface area (Å²) in [7, 11) is 0. The lowest BCUT2D eigenvalue weighted by atomic mass is 10.1. The highest BCUT2D eigenvalue weighted by atomic mass is 16.6. The predicted molar refractivity (Wildman–Crippen MR) is 120 cm³/mol. The van der Waals surface area contributed by atoms with Crippen molar-refractivity contribution in [2.24, 2.45) is 0 Å². The van der Waals surface area contributed by atoms with Gasteiger partial charge in [0.1, 0.15) is 17.6 Å². The normalized spacial score (nSPS) is 11.8. The molecule has 0 aliphatic carbocycles. The van der Waals surface area contributed by atoms with E-state index in [2.05, 4.69) is 15.0 Å². The number of carboxylic acid groups (broad SMARTS) is 1. The first kappa shape index (κ1) is 22.0. The Balaban J connectivity index is 2.02. The summed E-state index contributed by atoms with van der Waals surface area (Å²) in [6.45, 7) is 4.91. The lowest BCUT2D eigenvalue weighted by Gasteiger charge is -2.24. The third kappa shape index (κ3) is 3.91.